The third-order valence-corrected chi connectivity index (χ3v) is 4.56. The van der Waals surface area contributed by atoms with Crippen molar-refractivity contribution in [1.82, 2.24) is 5.01 Å². The van der Waals surface area contributed by atoms with Crippen LogP contribution < -0.4 is 0 Å². The third kappa shape index (κ3) is 3.69. The lowest BCUT2D eigenvalue weighted by Gasteiger charge is -2.19. The predicted molar refractivity (Wildman–Crippen MR) is 114 cm³/mol. The van der Waals surface area contributed by atoms with Crippen molar-refractivity contribution in [2.24, 2.45) is 5.10 Å². The Hall–Kier alpha value is -3.72. The van der Waals surface area contributed by atoms with Gasteiger partial charge in [0, 0.05) is 18.1 Å². The van der Waals surface area contributed by atoms with Crippen LogP contribution in [0.2, 0.25) is 0 Å². The fourth-order valence-electron chi connectivity index (χ4n) is 3.19. The molecule has 3 nitrogen and oxygen atoms in total. The fourth-order valence-corrected chi connectivity index (χ4v) is 3.19. The SMILES string of the molecule is CC(=O)N1N=C(c2ccccc2)C=C(c2ccccc2)C=C1c1ccccc1. The summed E-state index contributed by atoms with van der Waals surface area (Å²) in [4.78, 5) is 12.5. The van der Waals surface area contributed by atoms with E-state index in [2.05, 4.69) is 12.1 Å². The number of hydrogen-bond acceptors (Lipinski definition) is 2. The van der Waals surface area contributed by atoms with Crippen LogP contribution >= 0.6 is 0 Å². The second-order valence-corrected chi connectivity index (χ2v) is 6.54. The van der Waals surface area contributed by atoms with Gasteiger partial charge < -0.3 is 0 Å². The van der Waals surface area contributed by atoms with Crippen molar-refractivity contribution in [1.29, 1.82) is 0 Å². The normalized spacial score (nSPS) is 13.9. The fraction of sp³-hybridized carbons (Fsp3) is 0.0400. The van der Waals surface area contributed by atoms with E-state index in [-0.39, 0.29) is 5.91 Å². The second-order valence-electron chi connectivity index (χ2n) is 6.54. The van der Waals surface area contributed by atoms with Crippen molar-refractivity contribution in [3.05, 3.63) is 120 Å². The smallest absolute Gasteiger partial charge is 0.244 e. The largest absolute Gasteiger partial charge is 0.273 e. The van der Waals surface area contributed by atoms with Crippen LogP contribution in [0, 0.1) is 0 Å². The van der Waals surface area contributed by atoms with Gasteiger partial charge in [0.1, 0.15) is 0 Å². The summed E-state index contributed by atoms with van der Waals surface area (Å²) >= 11 is 0. The van der Waals surface area contributed by atoms with Crippen molar-refractivity contribution >= 4 is 22.9 Å². The Morgan fingerprint density at radius 3 is 1.71 bits per heavy atom. The van der Waals surface area contributed by atoms with E-state index in [0.29, 0.717) is 0 Å². The summed E-state index contributed by atoms with van der Waals surface area (Å²) in [6.07, 6.45) is 4.07. The highest BCUT2D eigenvalue weighted by Crippen LogP contribution is 2.29. The molecule has 136 valence electrons. The van der Waals surface area contributed by atoms with Gasteiger partial charge >= 0.3 is 0 Å². The molecule has 1 aliphatic heterocycles. The number of allylic oxidation sites excluding steroid dienone is 3. The van der Waals surface area contributed by atoms with Gasteiger partial charge in [-0.15, -0.1) is 0 Å². The number of amides is 1. The molecule has 0 bridgehead atoms. The molecule has 0 aliphatic carbocycles. The Morgan fingerprint density at radius 2 is 1.18 bits per heavy atom. The average molecular weight is 364 g/mol. The maximum Gasteiger partial charge on any atom is 0.244 e. The van der Waals surface area contributed by atoms with Crippen molar-refractivity contribution < 1.29 is 4.79 Å². The van der Waals surface area contributed by atoms with E-state index >= 15 is 0 Å². The molecule has 0 aromatic heterocycles. The molecule has 0 saturated heterocycles. The number of rotatable bonds is 3. The van der Waals surface area contributed by atoms with E-state index in [1.54, 1.807) is 0 Å². The minimum Gasteiger partial charge on any atom is -0.273 e. The van der Waals surface area contributed by atoms with Crippen LogP contribution in [0.4, 0.5) is 0 Å². The highest BCUT2D eigenvalue weighted by Gasteiger charge is 2.21. The summed E-state index contributed by atoms with van der Waals surface area (Å²) in [6.45, 7) is 1.54. The summed E-state index contributed by atoms with van der Waals surface area (Å²) in [5.74, 6) is -0.133. The van der Waals surface area contributed by atoms with Gasteiger partial charge in [-0.25, -0.2) is 0 Å². The van der Waals surface area contributed by atoms with Crippen molar-refractivity contribution in [2.45, 2.75) is 6.92 Å². The highest BCUT2D eigenvalue weighted by atomic mass is 16.2. The molecule has 0 saturated carbocycles. The molecule has 28 heavy (non-hydrogen) atoms. The Labute approximate surface area is 165 Å². The molecule has 0 fully saturated rings. The number of carbonyl (C=O) groups excluding carboxylic acids is 1. The molecule has 0 unspecified atom stereocenters. The van der Waals surface area contributed by atoms with E-state index in [1.165, 1.54) is 11.9 Å². The standard InChI is InChI=1S/C25H20N2O/c1-19(28)27-25(22-15-9-4-10-16-22)18-23(20-11-5-2-6-12-20)17-24(26-27)21-13-7-3-8-14-21/h2-18H,1H3. The topological polar surface area (TPSA) is 32.7 Å². The van der Waals surface area contributed by atoms with E-state index in [4.69, 9.17) is 5.10 Å². The number of benzene rings is 3. The van der Waals surface area contributed by atoms with Crippen LogP contribution in [0.3, 0.4) is 0 Å². The Bertz CT molecular complexity index is 1070. The number of hydrogen-bond donors (Lipinski definition) is 0. The zero-order valence-electron chi connectivity index (χ0n) is 15.6. The van der Waals surface area contributed by atoms with Crippen molar-refractivity contribution in [3.8, 4) is 0 Å². The van der Waals surface area contributed by atoms with E-state index in [0.717, 1.165) is 33.7 Å². The molecule has 3 heteroatoms. The number of carbonyl (C=O) groups is 1. The van der Waals surface area contributed by atoms with Crippen LogP contribution in [0.25, 0.3) is 11.3 Å². The average Bonchev–Trinajstić information content (AvgIpc) is 2.96. The first-order valence-electron chi connectivity index (χ1n) is 9.21. The summed E-state index contributed by atoms with van der Waals surface area (Å²) in [7, 11) is 0. The van der Waals surface area contributed by atoms with Gasteiger partial charge in [0.25, 0.3) is 0 Å². The van der Waals surface area contributed by atoms with Gasteiger partial charge in [-0.1, -0.05) is 91.0 Å². The Kier molecular flexibility index (Phi) is 4.98. The van der Waals surface area contributed by atoms with Gasteiger partial charge in [-0.3, -0.25) is 4.79 Å². The van der Waals surface area contributed by atoms with Gasteiger partial charge in [-0.05, 0) is 23.3 Å². The van der Waals surface area contributed by atoms with Crippen molar-refractivity contribution in [2.75, 3.05) is 0 Å². The monoisotopic (exact) mass is 364 g/mol. The molecule has 0 atom stereocenters. The van der Waals surface area contributed by atoms with Crippen LogP contribution in [0.5, 0.6) is 0 Å². The van der Waals surface area contributed by atoms with Crippen LogP contribution in [0.1, 0.15) is 23.6 Å². The van der Waals surface area contributed by atoms with Gasteiger partial charge in [0.15, 0.2) is 0 Å². The van der Waals surface area contributed by atoms with Gasteiger partial charge in [0.05, 0.1) is 11.4 Å². The quantitative estimate of drug-likeness (QED) is 0.614. The first-order valence-corrected chi connectivity index (χ1v) is 9.21. The zero-order valence-corrected chi connectivity index (χ0v) is 15.6. The molecule has 3 aromatic rings. The molecule has 3 aromatic carbocycles. The van der Waals surface area contributed by atoms with E-state index in [1.807, 2.05) is 91.0 Å². The molecule has 1 amide bonds. The number of hydrazone groups is 1. The second kappa shape index (κ2) is 7.89. The molecule has 1 heterocycles. The molecular weight excluding hydrogens is 344 g/mol. The lowest BCUT2D eigenvalue weighted by Crippen LogP contribution is -2.22. The maximum absolute atomic E-state index is 12.5. The summed E-state index contributed by atoms with van der Waals surface area (Å²) in [6, 6.07) is 30.0. The van der Waals surface area contributed by atoms with Crippen LogP contribution in [0.15, 0.2) is 108 Å². The summed E-state index contributed by atoms with van der Waals surface area (Å²) < 4.78 is 0. The Morgan fingerprint density at radius 1 is 0.679 bits per heavy atom. The lowest BCUT2D eigenvalue weighted by molar-refractivity contribution is -0.125. The molecule has 4 rings (SSSR count). The molecule has 0 spiro atoms. The van der Waals surface area contributed by atoms with Crippen LogP contribution in [-0.4, -0.2) is 16.6 Å². The minimum absolute atomic E-state index is 0.133. The third-order valence-electron chi connectivity index (χ3n) is 4.56. The minimum atomic E-state index is -0.133. The van der Waals surface area contributed by atoms with Crippen molar-refractivity contribution in [3.63, 3.8) is 0 Å². The van der Waals surface area contributed by atoms with Crippen LogP contribution in [-0.2, 0) is 4.79 Å². The molecule has 0 N–H and O–H groups in total. The summed E-state index contributed by atoms with van der Waals surface area (Å²) in [5, 5.41) is 6.22. The zero-order chi connectivity index (χ0) is 19.3. The first-order chi connectivity index (χ1) is 13.7. The maximum atomic E-state index is 12.5. The van der Waals surface area contributed by atoms with E-state index < -0.39 is 0 Å². The molecule has 1 aliphatic rings. The summed E-state index contributed by atoms with van der Waals surface area (Å²) in [5.41, 5.74) is 5.49. The van der Waals surface area contributed by atoms with E-state index in [9.17, 15) is 4.79 Å². The predicted octanol–water partition coefficient (Wildman–Crippen LogP) is 5.38. The van der Waals surface area contributed by atoms with Gasteiger partial charge in [-0.2, -0.15) is 10.1 Å². The number of nitrogens with zero attached hydrogens (tertiary/aromatic N) is 2. The molecule has 0 radical (unpaired) electrons. The lowest BCUT2D eigenvalue weighted by atomic mass is 9.99. The van der Waals surface area contributed by atoms with Gasteiger partial charge in [0.2, 0.25) is 5.91 Å². The molecular formula is C25H20N2O. The Balaban J connectivity index is 1.94. The first kappa shape index (κ1) is 17.7. The highest BCUT2D eigenvalue weighted by molar-refractivity contribution is 6.15.